The van der Waals surface area contributed by atoms with Crippen LogP contribution in [-0.2, 0) is 4.79 Å². The van der Waals surface area contributed by atoms with E-state index in [0.29, 0.717) is 22.6 Å². The number of amides is 2. The van der Waals surface area contributed by atoms with Crippen molar-refractivity contribution < 1.29 is 9.59 Å². The first-order chi connectivity index (χ1) is 9.97. The van der Waals surface area contributed by atoms with Crippen LogP contribution in [0.5, 0.6) is 0 Å². The molecule has 2 aromatic carbocycles. The predicted molar refractivity (Wildman–Crippen MR) is 84.3 cm³/mol. The Hall–Kier alpha value is -2.82. The van der Waals surface area contributed by atoms with Crippen molar-refractivity contribution in [1.82, 2.24) is 0 Å². The molecule has 0 bridgehead atoms. The van der Waals surface area contributed by atoms with Gasteiger partial charge in [-0.1, -0.05) is 18.2 Å². The molecule has 0 atom stereocenters. The fraction of sp³-hybridized carbons (Fsp3) is 0.125. The highest BCUT2D eigenvalue weighted by Crippen LogP contribution is 2.21. The Morgan fingerprint density at radius 3 is 2.43 bits per heavy atom. The first-order valence-electron chi connectivity index (χ1n) is 6.51. The fourth-order valence-electron chi connectivity index (χ4n) is 1.93. The molecule has 0 saturated heterocycles. The van der Waals surface area contributed by atoms with Crippen LogP contribution in [0.25, 0.3) is 0 Å². The largest absolute Gasteiger partial charge is 0.398 e. The maximum Gasteiger partial charge on any atom is 0.257 e. The molecular formula is C16H17N3O2. The van der Waals surface area contributed by atoms with Crippen molar-refractivity contribution in [3.8, 4) is 0 Å². The zero-order chi connectivity index (χ0) is 15.4. The van der Waals surface area contributed by atoms with E-state index in [2.05, 4.69) is 10.6 Å². The Labute approximate surface area is 123 Å². The van der Waals surface area contributed by atoms with Crippen molar-refractivity contribution in [3.05, 3.63) is 53.6 Å². The van der Waals surface area contributed by atoms with Crippen molar-refractivity contribution in [2.75, 3.05) is 16.4 Å². The van der Waals surface area contributed by atoms with E-state index in [1.807, 2.05) is 13.0 Å². The molecule has 0 aromatic heterocycles. The van der Waals surface area contributed by atoms with Crippen LogP contribution in [0.3, 0.4) is 0 Å². The number of nitrogens with one attached hydrogen (secondary N) is 2. The van der Waals surface area contributed by atoms with E-state index < -0.39 is 0 Å². The van der Waals surface area contributed by atoms with Crippen LogP contribution in [0.4, 0.5) is 17.1 Å². The highest BCUT2D eigenvalue weighted by Gasteiger charge is 2.10. The summed E-state index contributed by atoms with van der Waals surface area (Å²) < 4.78 is 0. The van der Waals surface area contributed by atoms with Crippen molar-refractivity contribution in [3.63, 3.8) is 0 Å². The van der Waals surface area contributed by atoms with E-state index >= 15 is 0 Å². The number of rotatable bonds is 3. The molecule has 0 aliphatic carbocycles. The molecule has 5 heteroatoms. The Balaban J connectivity index is 2.22. The molecule has 0 heterocycles. The third-order valence-electron chi connectivity index (χ3n) is 3.01. The quantitative estimate of drug-likeness (QED) is 0.757. The molecule has 4 N–H and O–H groups in total. The summed E-state index contributed by atoms with van der Waals surface area (Å²) in [7, 11) is 0. The van der Waals surface area contributed by atoms with E-state index in [0.717, 1.165) is 5.56 Å². The summed E-state index contributed by atoms with van der Waals surface area (Å²) in [5.74, 6) is -0.445. The minimum absolute atomic E-state index is 0.158. The molecular weight excluding hydrogens is 266 g/mol. The number of anilines is 3. The van der Waals surface area contributed by atoms with Crippen LogP contribution >= 0.6 is 0 Å². The second kappa shape index (κ2) is 6.09. The number of hydrogen-bond acceptors (Lipinski definition) is 3. The lowest BCUT2D eigenvalue weighted by Gasteiger charge is -2.11. The summed E-state index contributed by atoms with van der Waals surface area (Å²) in [6.45, 7) is 3.32. The van der Waals surface area contributed by atoms with Crippen LogP contribution in [0.2, 0.25) is 0 Å². The van der Waals surface area contributed by atoms with Crippen molar-refractivity contribution in [2.24, 2.45) is 0 Å². The Morgan fingerprint density at radius 2 is 1.76 bits per heavy atom. The molecule has 0 unspecified atom stereocenters. The zero-order valence-electron chi connectivity index (χ0n) is 11.9. The SMILES string of the molecule is CC(=O)Nc1cc(NC(=O)c2ccccc2N)ccc1C. The summed E-state index contributed by atoms with van der Waals surface area (Å²) in [6, 6.07) is 12.2. The van der Waals surface area contributed by atoms with E-state index in [9.17, 15) is 9.59 Å². The number of benzene rings is 2. The second-order valence-electron chi connectivity index (χ2n) is 4.75. The predicted octanol–water partition coefficient (Wildman–Crippen LogP) is 2.79. The lowest BCUT2D eigenvalue weighted by Crippen LogP contribution is -2.14. The minimum atomic E-state index is -0.286. The fourth-order valence-corrected chi connectivity index (χ4v) is 1.93. The molecule has 0 radical (unpaired) electrons. The molecule has 0 aliphatic rings. The van der Waals surface area contributed by atoms with Gasteiger partial charge < -0.3 is 16.4 Å². The Morgan fingerprint density at radius 1 is 1.05 bits per heavy atom. The normalized spacial score (nSPS) is 10.0. The van der Waals surface area contributed by atoms with Gasteiger partial charge in [0, 0.05) is 24.0 Å². The van der Waals surface area contributed by atoms with Gasteiger partial charge >= 0.3 is 0 Å². The van der Waals surface area contributed by atoms with Gasteiger partial charge in [-0.3, -0.25) is 9.59 Å². The number of carbonyl (C=O) groups excluding carboxylic acids is 2. The average Bonchev–Trinajstić information content (AvgIpc) is 2.42. The Kier molecular flexibility index (Phi) is 4.23. The zero-order valence-corrected chi connectivity index (χ0v) is 11.9. The monoisotopic (exact) mass is 283 g/mol. The van der Waals surface area contributed by atoms with Gasteiger partial charge in [-0.15, -0.1) is 0 Å². The third-order valence-corrected chi connectivity index (χ3v) is 3.01. The Bertz CT molecular complexity index is 696. The van der Waals surface area contributed by atoms with Gasteiger partial charge in [-0.2, -0.15) is 0 Å². The highest BCUT2D eigenvalue weighted by atomic mass is 16.2. The average molecular weight is 283 g/mol. The van der Waals surface area contributed by atoms with Crippen LogP contribution in [0.1, 0.15) is 22.8 Å². The van der Waals surface area contributed by atoms with Gasteiger partial charge in [0.2, 0.25) is 5.91 Å². The number of para-hydroxylation sites is 1. The van der Waals surface area contributed by atoms with Crippen molar-refractivity contribution >= 4 is 28.9 Å². The molecule has 0 aliphatic heterocycles. The van der Waals surface area contributed by atoms with Gasteiger partial charge in [-0.05, 0) is 36.8 Å². The molecule has 21 heavy (non-hydrogen) atoms. The first-order valence-corrected chi connectivity index (χ1v) is 6.51. The summed E-state index contributed by atoms with van der Waals surface area (Å²) >= 11 is 0. The number of carbonyl (C=O) groups is 2. The summed E-state index contributed by atoms with van der Waals surface area (Å²) in [5.41, 5.74) is 8.80. The van der Waals surface area contributed by atoms with Gasteiger partial charge in [0.15, 0.2) is 0 Å². The second-order valence-corrected chi connectivity index (χ2v) is 4.75. The smallest absolute Gasteiger partial charge is 0.257 e. The maximum atomic E-state index is 12.2. The van der Waals surface area contributed by atoms with Crippen LogP contribution in [0.15, 0.2) is 42.5 Å². The van der Waals surface area contributed by atoms with Gasteiger partial charge in [-0.25, -0.2) is 0 Å². The minimum Gasteiger partial charge on any atom is -0.398 e. The summed E-state index contributed by atoms with van der Waals surface area (Å²) in [5, 5.41) is 5.49. The molecule has 2 rings (SSSR count). The van der Waals surface area contributed by atoms with Gasteiger partial charge in [0.1, 0.15) is 0 Å². The lowest BCUT2D eigenvalue weighted by molar-refractivity contribution is -0.114. The highest BCUT2D eigenvalue weighted by molar-refractivity contribution is 6.08. The molecule has 108 valence electrons. The number of aryl methyl sites for hydroxylation is 1. The molecule has 5 nitrogen and oxygen atoms in total. The van der Waals surface area contributed by atoms with Crippen LogP contribution < -0.4 is 16.4 Å². The van der Waals surface area contributed by atoms with Crippen molar-refractivity contribution in [2.45, 2.75) is 13.8 Å². The maximum absolute atomic E-state index is 12.2. The molecule has 0 fully saturated rings. The van der Waals surface area contributed by atoms with Crippen LogP contribution in [0, 0.1) is 6.92 Å². The van der Waals surface area contributed by atoms with E-state index in [-0.39, 0.29) is 11.8 Å². The molecule has 0 spiro atoms. The van der Waals surface area contributed by atoms with E-state index in [4.69, 9.17) is 5.73 Å². The third kappa shape index (κ3) is 3.60. The molecule has 2 amide bonds. The molecule has 2 aromatic rings. The first kappa shape index (κ1) is 14.6. The lowest BCUT2D eigenvalue weighted by atomic mass is 10.1. The number of nitrogens with two attached hydrogens (primary N) is 1. The van der Waals surface area contributed by atoms with Crippen LogP contribution in [-0.4, -0.2) is 11.8 Å². The topological polar surface area (TPSA) is 84.2 Å². The number of nitrogen functional groups attached to an aromatic ring is 1. The van der Waals surface area contributed by atoms with E-state index in [1.165, 1.54) is 6.92 Å². The summed E-state index contributed by atoms with van der Waals surface area (Å²) in [6.07, 6.45) is 0. The van der Waals surface area contributed by atoms with Gasteiger partial charge in [0.25, 0.3) is 5.91 Å². The summed E-state index contributed by atoms with van der Waals surface area (Å²) in [4.78, 5) is 23.3. The van der Waals surface area contributed by atoms with E-state index in [1.54, 1.807) is 36.4 Å². The van der Waals surface area contributed by atoms with Gasteiger partial charge in [0.05, 0.1) is 5.56 Å². The molecule has 0 saturated carbocycles. The number of hydrogen-bond donors (Lipinski definition) is 3. The van der Waals surface area contributed by atoms with Crippen molar-refractivity contribution in [1.29, 1.82) is 0 Å². The standard InChI is InChI=1S/C16H17N3O2/c1-10-7-8-12(9-15(10)18-11(2)20)19-16(21)13-5-3-4-6-14(13)17/h3-9H,17H2,1-2H3,(H,18,20)(H,19,21).